The fourth-order valence-corrected chi connectivity index (χ4v) is 6.67. The number of nitrogens with two attached hydrogens (primary N) is 1. The third-order valence-electron chi connectivity index (χ3n) is 7.69. The van der Waals surface area contributed by atoms with Crippen LogP contribution in [0.15, 0.2) is 9.59 Å². The fourth-order valence-electron chi connectivity index (χ4n) is 6.67. The summed E-state index contributed by atoms with van der Waals surface area (Å²) in [7, 11) is 0. The van der Waals surface area contributed by atoms with E-state index < -0.39 is 11.2 Å². The number of aromatic amines is 1. The summed E-state index contributed by atoms with van der Waals surface area (Å²) in [6.07, 6.45) is 9.99. The number of carbonyl (C=O) groups is 1. The van der Waals surface area contributed by atoms with Gasteiger partial charge in [0, 0.05) is 13.1 Å². The van der Waals surface area contributed by atoms with E-state index in [2.05, 4.69) is 11.9 Å². The molecule has 0 radical (unpaired) electrons. The van der Waals surface area contributed by atoms with E-state index in [-0.39, 0.29) is 22.8 Å². The van der Waals surface area contributed by atoms with Crippen molar-refractivity contribution in [1.29, 1.82) is 0 Å². The average Bonchev–Trinajstić information content (AvgIpc) is 2.68. The molecule has 7 heteroatoms. The first kappa shape index (κ1) is 21.2. The Hall–Kier alpha value is -2.05. The van der Waals surface area contributed by atoms with E-state index in [9.17, 15) is 14.4 Å². The lowest BCUT2D eigenvalue weighted by atomic mass is 9.49. The Morgan fingerprint density at radius 2 is 1.63 bits per heavy atom. The van der Waals surface area contributed by atoms with Crippen LogP contribution in [-0.4, -0.2) is 22.0 Å². The Kier molecular flexibility index (Phi) is 5.82. The highest BCUT2D eigenvalue weighted by atomic mass is 16.2. The van der Waals surface area contributed by atoms with Gasteiger partial charge < -0.3 is 10.6 Å². The first-order valence-electron chi connectivity index (χ1n) is 11.8. The lowest BCUT2D eigenvalue weighted by Gasteiger charge is -2.56. The molecular weight excluding hydrogens is 380 g/mol. The van der Waals surface area contributed by atoms with Gasteiger partial charge in [-0.25, -0.2) is 4.79 Å². The maximum absolute atomic E-state index is 14.0. The first-order chi connectivity index (χ1) is 14.4. The predicted octanol–water partition coefficient (Wildman–Crippen LogP) is 3.27. The molecule has 0 aromatic carbocycles. The third-order valence-corrected chi connectivity index (χ3v) is 7.69. The van der Waals surface area contributed by atoms with Crippen molar-refractivity contribution >= 4 is 17.4 Å². The molecule has 4 aliphatic rings. The second-order valence-electron chi connectivity index (χ2n) is 10.0. The molecule has 1 aromatic rings. The van der Waals surface area contributed by atoms with Crippen molar-refractivity contribution in [2.45, 2.75) is 84.6 Å². The standard InChI is InChI=1S/C23H36N4O3/c1-3-5-7-26(18-19(24)27(8-6-4-2)22(30)25-20(18)28)21(29)23-12-15-9-16(13-23)11-17(10-15)14-23/h15-17H,3-14,24H2,1-2H3,(H,25,28,30). The van der Waals surface area contributed by atoms with Crippen LogP contribution in [0.3, 0.4) is 0 Å². The lowest BCUT2D eigenvalue weighted by molar-refractivity contribution is -0.143. The molecule has 5 rings (SSSR count). The van der Waals surface area contributed by atoms with Crippen LogP contribution >= 0.6 is 0 Å². The second-order valence-corrected chi connectivity index (χ2v) is 10.0. The summed E-state index contributed by atoms with van der Waals surface area (Å²) in [5.41, 5.74) is 5.17. The van der Waals surface area contributed by atoms with Gasteiger partial charge in [-0.3, -0.25) is 19.1 Å². The van der Waals surface area contributed by atoms with Crippen molar-refractivity contribution in [3.8, 4) is 0 Å². The number of nitrogens with one attached hydrogen (secondary N) is 1. The zero-order valence-corrected chi connectivity index (χ0v) is 18.4. The highest BCUT2D eigenvalue weighted by Crippen LogP contribution is 2.60. The van der Waals surface area contributed by atoms with Gasteiger partial charge in [0.1, 0.15) is 5.82 Å². The van der Waals surface area contributed by atoms with Gasteiger partial charge in [-0.05, 0) is 69.1 Å². The minimum atomic E-state index is -0.542. The minimum Gasteiger partial charge on any atom is -0.383 e. The smallest absolute Gasteiger partial charge is 0.330 e. The Morgan fingerprint density at radius 3 is 2.17 bits per heavy atom. The van der Waals surface area contributed by atoms with Crippen LogP contribution in [0.1, 0.15) is 78.1 Å². The van der Waals surface area contributed by atoms with Crippen molar-refractivity contribution in [2.75, 3.05) is 17.2 Å². The summed E-state index contributed by atoms with van der Waals surface area (Å²) in [5, 5.41) is 0. The van der Waals surface area contributed by atoms with E-state index in [0.717, 1.165) is 44.9 Å². The quantitative estimate of drug-likeness (QED) is 0.679. The Balaban J connectivity index is 1.74. The monoisotopic (exact) mass is 416 g/mol. The molecule has 4 bridgehead atoms. The Bertz CT molecular complexity index is 881. The number of aromatic nitrogens is 2. The molecule has 166 valence electrons. The molecule has 3 N–H and O–H groups in total. The highest BCUT2D eigenvalue weighted by molar-refractivity contribution is 5.99. The normalized spacial score (nSPS) is 29.3. The number of hydrogen-bond donors (Lipinski definition) is 2. The molecule has 4 fully saturated rings. The number of unbranched alkanes of at least 4 members (excludes halogenated alkanes) is 2. The molecule has 7 nitrogen and oxygen atoms in total. The van der Waals surface area contributed by atoms with E-state index in [1.54, 1.807) is 4.90 Å². The number of amides is 1. The van der Waals surface area contributed by atoms with E-state index in [1.165, 1.54) is 23.8 Å². The predicted molar refractivity (Wildman–Crippen MR) is 119 cm³/mol. The van der Waals surface area contributed by atoms with Crippen molar-refractivity contribution in [3.05, 3.63) is 20.8 Å². The maximum atomic E-state index is 14.0. The highest BCUT2D eigenvalue weighted by Gasteiger charge is 2.56. The molecule has 1 amide bonds. The van der Waals surface area contributed by atoms with Crippen LogP contribution < -0.4 is 21.9 Å². The van der Waals surface area contributed by atoms with Gasteiger partial charge in [0.15, 0.2) is 5.69 Å². The summed E-state index contributed by atoms with van der Waals surface area (Å²) < 4.78 is 1.42. The number of H-pyrrole nitrogens is 1. The van der Waals surface area contributed by atoms with Gasteiger partial charge in [-0.1, -0.05) is 26.7 Å². The van der Waals surface area contributed by atoms with Crippen molar-refractivity contribution < 1.29 is 4.79 Å². The average molecular weight is 417 g/mol. The molecule has 1 heterocycles. The van der Waals surface area contributed by atoms with E-state index in [1.807, 2.05) is 6.92 Å². The Morgan fingerprint density at radius 1 is 1.07 bits per heavy atom. The molecule has 0 spiro atoms. The number of carbonyl (C=O) groups excluding carboxylic acids is 1. The number of anilines is 2. The van der Waals surface area contributed by atoms with Gasteiger partial charge >= 0.3 is 5.69 Å². The maximum Gasteiger partial charge on any atom is 0.330 e. The molecule has 0 atom stereocenters. The summed E-state index contributed by atoms with van der Waals surface area (Å²) in [4.78, 5) is 43.4. The van der Waals surface area contributed by atoms with Crippen LogP contribution in [-0.2, 0) is 11.3 Å². The van der Waals surface area contributed by atoms with E-state index in [0.29, 0.717) is 30.8 Å². The van der Waals surface area contributed by atoms with Crippen LogP contribution in [0.2, 0.25) is 0 Å². The lowest BCUT2D eigenvalue weighted by Crippen LogP contribution is -2.56. The molecule has 0 unspecified atom stereocenters. The van der Waals surface area contributed by atoms with Gasteiger partial charge in [0.05, 0.1) is 5.41 Å². The molecule has 4 aliphatic carbocycles. The van der Waals surface area contributed by atoms with Gasteiger partial charge in [0.25, 0.3) is 5.56 Å². The molecule has 4 saturated carbocycles. The zero-order valence-electron chi connectivity index (χ0n) is 18.4. The second kappa shape index (κ2) is 8.23. The van der Waals surface area contributed by atoms with Crippen LogP contribution in [0.25, 0.3) is 0 Å². The van der Waals surface area contributed by atoms with E-state index >= 15 is 0 Å². The minimum absolute atomic E-state index is 0.0629. The molecule has 0 aliphatic heterocycles. The van der Waals surface area contributed by atoms with Crippen molar-refractivity contribution in [3.63, 3.8) is 0 Å². The molecule has 0 saturated heterocycles. The summed E-state index contributed by atoms with van der Waals surface area (Å²) >= 11 is 0. The van der Waals surface area contributed by atoms with Crippen LogP contribution in [0.4, 0.5) is 11.5 Å². The first-order valence-corrected chi connectivity index (χ1v) is 11.8. The molecular formula is C23H36N4O3. The van der Waals surface area contributed by atoms with Crippen LogP contribution in [0, 0.1) is 23.2 Å². The topological polar surface area (TPSA) is 101 Å². The van der Waals surface area contributed by atoms with Crippen LogP contribution in [0.5, 0.6) is 0 Å². The van der Waals surface area contributed by atoms with Crippen molar-refractivity contribution in [1.82, 2.24) is 9.55 Å². The number of hydrogen-bond acceptors (Lipinski definition) is 4. The fraction of sp³-hybridized carbons (Fsp3) is 0.783. The van der Waals surface area contributed by atoms with Crippen molar-refractivity contribution in [2.24, 2.45) is 23.2 Å². The van der Waals surface area contributed by atoms with Gasteiger partial charge in [0.2, 0.25) is 5.91 Å². The number of nitrogens with zero attached hydrogens (tertiary/aromatic N) is 2. The summed E-state index contributed by atoms with van der Waals surface area (Å²) in [6.45, 7) is 5.02. The van der Waals surface area contributed by atoms with E-state index in [4.69, 9.17) is 5.73 Å². The molecule has 1 aromatic heterocycles. The SMILES string of the molecule is CCCCN(C(=O)C12CC3CC(CC(C3)C1)C2)c1c(N)n(CCCC)c(=O)[nH]c1=O. The summed E-state index contributed by atoms with van der Waals surface area (Å²) in [6, 6.07) is 0. The zero-order chi connectivity index (χ0) is 21.5. The van der Waals surface area contributed by atoms with Gasteiger partial charge in [-0.2, -0.15) is 0 Å². The number of nitrogen functional groups attached to an aromatic ring is 1. The largest absolute Gasteiger partial charge is 0.383 e. The third kappa shape index (κ3) is 3.60. The Labute approximate surface area is 178 Å². The number of rotatable bonds is 8. The van der Waals surface area contributed by atoms with Gasteiger partial charge in [-0.15, -0.1) is 0 Å². The molecule has 30 heavy (non-hydrogen) atoms. The summed E-state index contributed by atoms with van der Waals surface area (Å²) in [5.74, 6) is 2.12.